The number of anilines is 1. The number of aliphatic hydroxyl groups is 1. The highest BCUT2D eigenvalue weighted by Gasteiger charge is 2.07. The lowest BCUT2D eigenvalue weighted by Gasteiger charge is -2.22. The lowest BCUT2D eigenvalue weighted by Crippen LogP contribution is -2.29. The average molecular weight is 223 g/mol. The molecule has 0 saturated carbocycles. The monoisotopic (exact) mass is 223 g/mol. The van der Waals surface area contributed by atoms with Crippen molar-refractivity contribution in [3.8, 4) is 0 Å². The third-order valence-corrected chi connectivity index (χ3v) is 2.53. The van der Waals surface area contributed by atoms with Crippen molar-refractivity contribution in [2.24, 2.45) is 0 Å². The van der Waals surface area contributed by atoms with Crippen LogP contribution in [0.2, 0.25) is 0 Å². The van der Waals surface area contributed by atoms with Crippen LogP contribution in [0.3, 0.4) is 0 Å². The molecule has 1 aromatic heterocycles. The minimum Gasteiger partial charge on any atom is -0.392 e. The van der Waals surface area contributed by atoms with E-state index in [1.165, 1.54) is 0 Å². The fourth-order valence-electron chi connectivity index (χ4n) is 1.57. The summed E-state index contributed by atoms with van der Waals surface area (Å²) in [7, 11) is 6.16. The van der Waals surface area contributed by atoms with E-state index < -0.39 is 0 Å². The molecule has 0 aliphatic rings. The van der Waals surface area contributed by atoms with Crippen molar-refractivity contribution in [3.05, 3.63) is 23.4 Å². The van der Waals surface area contributed by atoms with E-state index in [9.17, 15) is 0 Å². The molecule has 0 amide bonds. The largest absolute Gasteiger partial charge is 0.392 e. The molecule has 1 rings (SSSR count). The average Bonchev–Trinajstić information content (AvgIpc) is 2.25. The molecule has 4 nitrogen and oxygen atoms in total. The van der Waals surface area contributed by atoms with E-state index in [0.29, 0.717) is 0 Å². The maximum Gasteiger partial charge on any atom is 0.131 e. The molecule has 16 heavy (non-hydrogen) atoms. The fraction of sp³-hybridized carbons (Fsp3) is 0.583. The second kappa shape index (κ2) is 5.82. The van der Waals surface area contributed by atoms with Gasteiger partial charge in [-0.25, -0.2) is 4.98 Å². The molecule has 0 atom stereocenters. The van der Waals surface area contributed by atoms with Crippen molar-refractivity contribution in [2.75, 3.05) is 39.1 Å². The summed E-state index contributed by atoms with van der Waals surface area (Å²) >= 11 is 0. The Morgan fingerprint density at radius 2 is 1.94 bits per heavy atom. The number of pyridine rings is 1. The van der Waals surface area contributed by atoms with Crippen LogP contribution in [0.1, 0.15) is 11.1 Å². The van der Waals surface area contributed by atoms with Gasteiger partial charge in [0.1, 0.15) is 5.82 Å². The first-order valence-corrected chi connectivity index (χ1v) is 5.47. The zero-order valence-electron chi connectivity index (χ0n) is 10.6. The number of hydrogen-bond donors (Lipinski definition) is 1. The lowest BCUT2D eigenvalue weighted by atomic mass is 10.2. The quantitative estimate of drug-likeness (QED) is 0.804. The number of aromatic nitrogens is 1. The maximum atomic E-state index is 9.01. The Morgan fingerprint density at radius 3 is 2.44 bits per heavy atom. The highest BCUT2D eigenvalue weighted by atomic mass is 16.3. The van der Waals surface area contributed by atoms with Crippen LogP contribution in [0.15, 0.2) is 12.3 Å². The highest BCUT2D eigenvalue weighted by molar-refractivity contribution is 5.46. The molecule has 0 fully saturated rings. The van der Waals surface area contributed by atoms with Crippen LogP contribution in [-0.2, 0) is 6.61 Å². The van der Waals surface area contributed by atoms with E-state index in [1.54, 1.807) is 6.20 Å². The Bertz CT molecular complexity index is 339. The summed E-state index contributed by atoms with van der Waals surface area (Å²) in [6.45, 7) is 4.02. The van der Waals surface area contributed by atoms with E-state index in [2.05, 4.69) is 28.9 Å². The van der Waals surface area contributed by atoms with Crippen LogP contribution in [0.4, 0.5) is 5.82 Å². The zero-order valence-corrected chi connectivity index (χ0v) is 10.6. The zero-order chi connectivity index (χ0) is 12.1. The summed E-state index contributed by atoms with van der Waals surface area (Å²) in [6, 6.07) is 1.98. The standard InChI is InChI=1S/C12H21N3O/c1-10-7-11(9-16)8-13-12(10)15(4)6-5-14(2)3/h7-8,16H,5-6,9H2,1-4H3. The Labute approximate surface area is 97.5 Å². The van der Waals surface area contributed by atoms with Crippen molar-refractivity contribution in [1.29, 1.82) is 0 Å². The third kappa shape index (κ3) is 3.47. The SMILES string of the molecule is Cc1cc(CO)cnc1N(C)CCN(C)C. The van der Waals surface area contributed by atoms with Gasteiger partial charge in [-0.05, 0) is 38.2 Å². The molecule has 0 saturated heterocycles. The van der Waals surface area contributed by atoms with E-state index in [0.717, 1.165) is 30.0 Å². The molecule has 90 valence electrons. The van der Waals surface area contributed by atoms with E-state index >= 15 is 0 Å². The molecular weight excluding hydrogens is 202 g/mol. The van der Waals surface area contributed by atoms with Gasteiger partial charge in [0, 0.05) is 26.3 Å². The predicted octanol–water partition coefficient (Wildman–Crippen LogP) is 0.880. The normalized spacial score (nSPS) is 10.9. The topological polar surface area (TPSA) is 39.6 Å². The molecule has 0 aromatic carbocycles. The van der Waals surface area contributed by atoms with E-state index in [4.69, 9.17) is 5.11 Å². The molecule has 0 radical (unpaired) electrons. The van der Waals surface area contributed by atoms with Crippen molar-refractivity contribution >= 4 is 5.82 Å². The summed E-state index contributed by atoms with van der Waals surface area (Å²) in [5.41, 5.74) is 1.97. The van der Waals surface area contributed by atoms with Gasteiger partial charge in [0.25, 0.3) is 0 Å². The van der Waals surface area contributed by atoms with Crippen LogP contribution in [0, 0.1) is 6.92 Å². The van der Waals surface area contributed by atoms with E-state index in [1.807, 2.05) is 20.0 Å². The Balaban J connectivity index is 2.71. The number of nitrogens with zero attached hydrogens (tertiary/aromatic N) is 3. The molecule has 0 spiro atoms. The number of hydrogen-bond acceptors (Lipinski definition) is 4. The molecule has 0 aliphatic carbocycles. The summed E-state index contributed by atoms with van der Waals surface area (Å²) in [5, 5.41) is 9.01. The first-order chi connectivity index (χ1) is 7.54. The van der Waals surface area contributed by atoms with Crippen LogP contribution >= 0.6 is 0 Å². The van der Waals surface area contributed by atoms with Crippen LogP contribution in [0.5, 0.6) is 0 Å². The predicted molar refractivity (Wildman–Crippen MR) is 66.7 cm³/mol. The minimum atomic E-state index is 0.0511. The van der Waals surface area contributed by atoms with Crippen molar-refractivity contribution in [1.82, 2.24) is 9.88 Å². The summed E-state index contributed by atoms with van der Waals surface area (Å²) in [4.78, 5) is 8.66. The van der Waals surface area contributed by atoms with Gasteiger partial charge in [-0.1, -0.05) is 0 Å². The van der Waals surface area contributed by atoms with Crippen LogP contribution in [0.25, 0.3) is 0 Å². The van der Waals surface area contributed by atoms with Gasteiger partial charge in [0.15, 0.2) is 0 Å². The number of likely N-dealkylation sites (N-methyl/N-ethyl adjacent to an activating group) is 2. The molecule has 1 aromatic rings. The van der Waals surface area contributed by atoms with E-state index in [-0.39, 0.29) is 6.61 Å². The van der Waals surface area contributed by atoms with Gasteiger partial charge in [-0.2, -0.15) is 0 Å². The molecule has 1 N–H and O–H groups in total. The van der Waals surface area contributed by atoms with Crippen LogP contribution in [-0.4, -0.2) is 49.2 Å². The van der Waals surface area contributed by atoms with Crippen molar-refractivity contribution < 1.29 is 5.11 Å². The van der Waals surface area contributed by atoms with Gasteiger partial charge >= 0.3 is 0 Å². The second-order valence-corrected chi connectivity index (χ2v) is 4.37. The highest BCUT2D eigenvalue weighted by Crippen LogP contribution is 2.16. The summed E-state index contributed by atoms with van der Waals surface area (Å²) in [5.74, 6) is 0.985. The van der Waals surface area contributed by atoms with Crippen LogP contribution < -0.4 is 4.90 Å². The number of rotatable bonds is 5. The Hall–Kier alpha value is -1.13. The smallest absolute Gasteiger partial charge is 0.131 e. The van der Waals surface area contributed by atoms with Gasteiger partial charge in [0.2, 0.25) is 0 Å². The summed E-state index contributed by atoms with van der Waals surface area (Å²) < 4.78 is 0. The minimum absolute atomic E-state index is 0.0511. The third-order valence-electron chi connectivity index (χ3n) is 2.53. The summed E-state index contributed by atoms with van der Waals surface area (Å²) in [6.07, 6.45) is 1.73. The molecule has 0 unspecified atom stereocenters. The van der Waals surface area contributed by atoms with Gasteiger partial charge < -0.3 is 14.9 Å². The van der Waals surface area contributed by atoms with Gasteiger partial charge in [-0.3, -0.25) is 0 Å². The van der Waals surface area contributed by atoms with Gasteiger partial charge in [-0.15, -0.1) is 0 Å². The lowest BCUT2D eigenvalue weighted by molar-refractivity contribution is 0.281. The molecule has 0 bridgehead atoms. The molecular formula is C12H21N3O. The second-order valence-electron chi connectivity index (χ2n) is 4.37. The molecule has 4 heteroatoms. The Kier molecular flexibility index (Phi) is 4.71. The Morgan fingerprint density at radius 1 is 1.25 bits per heavy atom. The van der Waals surface area contributed by atoms with Gasteiger partial charge in [0.05, 0.1) is 6.61 Å². The first kappa shape index (κ1) is 12.9. The number of aryl methyl sites for hydroxylation is 1. The first-order valence-electron chi connectivity index (χ1n) is 5.47. The number of aliphatic hydroxyl groups excluding tert-OH is 1. The molecule has 1 heterocycles. The van der Waals surface area contributed by atoms with Crippen molar-refractivity contribution in [2.45, 2.75) is 13.5 Å². The fourth-order valence-corrected chi connectivity index (χ4v) is 1.57. The maximum absolute atomic E-state index is 9.01. The molecule has 0 aliphatic heterocycles. The van der Waals surface area contributed by atoms with Crippen molar-refractivity contribution in [3.63, 3.8) is 0 Å².